The summed E-state index contributed by atoms with van der Waals surface area (Å²) in [5, 5.41) is 5.05. The van der Waals surface area contributed by atoms with E-state index in [4.69, 9.17) is 5.84 Å². The monoisotopic (exact) mass is 358 g/mol. The molecule has 3 amide bonds. The number of amides is 3. The van der Waals surface area contributed by atoms with E-state index in [1.807, 2.05) is 18.2 Å². The van der Waals surface area contributed by atoms with Crippen molar-refractivity contribution in [3.8, 4) is 0 Å². The molecule has 130 valence electrons. The smallest absolute Gasteiger partial charge is 0.314 e. The summed E-state index contributed by atoms with van der Waals surface area (Å²) in [6.07, 6.45) is 0. The van der Waals surface area contributed by atoms with Crippen molar-refractivity contribution >= 4 is 40.9 Å². The molecule has 0 atom stereocenters. The van der Waals surface area contributed by atoms with Crippen LogP contribution in [0.4, 0.5) is 11.4 Å². The predicted octanol–water partition coefficient (Wildman–Crippen LogP) is 1.49. The molecule has 5 N–H and O–H groups in total. The van der Waals surface area contributed by atoms with Crippen LogP contribution in [0, 0.1) is 0 Å². The molecule has 0 unspecified atom stereocenters. The lowest BCUT2D eigenvalue weighted by Crippen LogP contribution is -2.31. The molecule has 0 heterocycles. The number of anilines is 2. The second-order valence-electron chi connectivity index (χ2n) is 5.03. The number of hydrazine groups is 1. The molecule has 0 fully saturated rings. The van der Waals surface area contributed by atoms with Gasteiger partial charge in [-0.2, -0.15) is 0 Å². The first-order valence-corrected chi connectivity index (χ1v) is 8.57. The molecule has 2 aromatic carbocycles. The summed E-state index contributed by atoms with van der Waals surface area (Å²) >= 11 is 1.42. The first-order valence-electron chi connectivity index (χ1n) is 7.42. The standard InChI is InChI=1S/C17H18N4O3S/c18-21-15(22)11-25-10-12-6-8-14(9-7-12)20-17(24)16(23)19-13-4-2-1-3-5-13/h1-9H,10-11,18H2,(H,19,23)(H,20,24)(H,21,22). The highest BCUT2D eigenvalue weighted by molar-refractivity contribution is 7.99. The predicted molar refractivity (Wildman–Crippen MR) is 98.6 cm³/mol. The quantitative estimate of drug-likeness (QED) is 0.270. The first kappa shape index (κ1) is 18.5. The molecule has 2 rings (SSSR count). The van der Waals surface area contributed by atoms with Gasteiger partial charge in [-0.15, -0.1) is 11.8 Å². The van der Waals surface area contributed by atoms with Crippen molar-refractivity contribution in [1.82, 2.24) is 5.43 Å². The van der Waals surface area contributed by atoms with E-state index in [0.29, 0.717) is 17.1 Å². The van der Waals surface area contributed by atoms with Gasteiger partial charge in [-0.3, -0.25) is 19.8 Å². The van der Waals surface area contributed by atoms with Crippen LogP contribution in [0.25, 0.3) is 0 Å². The number of nitrogens with one attached hydrogen (secondary N) is 3. The number of thioether (sulfide) groups is 1. The minimum atomic E-state index is -0.745. The summed E-state index contributed by atoms with van der Waals surface area (Å²) in [6.45, 7) is 0. The third kappa shape index (κ3) is 6.28. The lowest BCUT2D eigenvalue weighted by atomic mass is 10.2. The van der Waals surface area contributed by atoms with Crippen LogP contribution in [-0.4, -0.2) is 23.5 Å². The second-order valence-corrected chi connectivity index (χ2v) is 6.02. The van der Waals surface area contributed by atoms with E-state index < -0.39 is 11.8 Å². The van der Waals surface area contributed by atoms with Gasteiger partial charge in [0, 0.05) is 17.1 Å². The highest BCUT2D eigenvalue weighted by Crippen LogP contribution is 2.15. The van der Waals surface area contributed by atoms with Crippen LogP contribution in [0.15, 0.2) is 54.6 Å². The molecular formula is C17H18N4O3S. The number of hydrogen-bond donors (Lipinski definition) is 4. The summed E-state index contributed by atoms with van der Waals surface area (Å²) in [4.78, 5) is 34.8. The van der Waals surface area contributed by atoms with E-state index in [2.05, 4.69) is 16.1 Å². The molecule has 7 nitrogen and oxygen atoms in total. The number of nitrogens with two attached hydrogens (primary N) is 1. The Hall–Kier alpha value is -2.84. The largest absolute Gasteiger partial charge is 0.318 e. The molecule has 0 aromatic heterocycles. The lowest BCUT2D eigenvalue weighted by molar-refractivity contribution is -0.132. The minimum Gasteiger partial charge on any atom is -0.318 e. The van der Waals surface area contributed by atoms with Crippen LogP contribution >= 0.6 is 11.8 Å². The summed E-state index contributed by atoms with van der Waals surface area (Å²) in [5.74, 6) is 4.19. The summed E-state index contributed by atoms with van der Waals surface area (Å²) in [7, 11) is 0. The molecule has 25 heavy (non-hydrogen) atoms. The maximum atomic E-state index is 11.9. The maximum Gasteiger partial charge on any atom is 0.314 e. The van der Waals surface area contributed by atoms with Crippen molar-refractivity contribution in [1.29, 1.82) is 0 Å². The fourth-order valence-electron chi connectivity index (χ4n) is 1.88. The number of benzene rings is 2. The Kier molecular flexibility index (Phi) is 7.00. The van der Waals surface area contributed by atoms with Crippen molar-refractivity contribution in [3.05, 3.63) is 60.2 Å². The average Bonchev–Trinajstić information content (AvgIpc) is 2.63. The fourth-order valence-corrected chi connectivity index (χ4v) is 2.68. The number of hydrogen-bond acceptors (Lipinski definition) is 5. The van der Waals surface area contributed by atoms with Crippen molar-refractivity contribution in [2.45, 2.75) is 5.75 Å². The number of para-hydroxylation sites is 1. The molecule has 0 aliphatic heterocycles. The van der Waals surface area contributed by atoms with E-state index in [9.17, 15) is 14.4 Å². The molecule has 0 aliphatic carbocycles. The lowest BCUT2D eigenvalue weighted by Gasteiger charge is -2.07. The third-order valence-electron chi connectivity index (χ3n) is 3.11. The van der Waals surface area contributed by atoms with Crippen molar-refractivity contribution < 1.29 is 14.4 Å². The van der Waals surface area contributed by atoms with Gasteiger partial charge in [-0.1, -0.05) is 30.3 Å². The Morgan fingerprint density at radius 2 is 1.40 bits per heavy atom. The zero-order chi connectivity index (χ0) is 18.1. The van der Waals surface area contributed by atoms with E-state index in [0.717, 1.165) is 5.56 Å². The number of carbonyl (C=O) groups is 3. The molecule has 0 radical (unpaired) electrons. The first-order chi connectivity index (χ1) is 12.1. The Bertz CT molecular complexity index is 735. The van der Waals surface area contributed by atoms with Gasteiger partial charge >= 0.3 is 11.8 Å². The summed E-state index contributed by atoms with van der Waals surface area (Å²) < 4.78 is 0. The Morgan fingerprint density at radius 3 is 1.96 bits per heavy atom. The van der Waals surface area contributed by atoms with Gasteiger partial charge < -0.3 is 10.6 Å². The number of rotatable bonds is 6. The van der Waals surface area contributed by atoms with E-state index >= 15 is 0 Å². The van der Waals surface area contributed by atoms with Crippen molar-refractivity contribution in [2.75, 3.05) is 16.4 Å². The molecule has 2 aromatic rings. The van der Waals surface area contributed by atoms with Gasteiger partial charge in [0.2, 0.25) is 5.91 Å². The van der Waals surface area contributed by atoms with Crippen LogP contribution in [0.3, 0.4) is 0 Å². The average molecular weight is 358 g/mol. The van der Waals surface area contributed by atoms with Gasteiger partial charge in [-0.25, -0.2) is 5.84 Å². The van der Waals surface area contributed by atoms with Crippen LogP contribution in [0.5, 0.6) is 0 Å². The van der Waals surface area contributed by atoms with Crippen molar-refractivity contribution in [2.24, 2.45) is 5.84 Å². The fraction of sp³-hybridized carbons (Fsp3) is 0.118. The number of carbonyl (C=O) groups excluding carboxylic acids is 3. The van der Waals surface area contributed by atoms with Crippen molar-refractivity contribution in [3.63, 3.8) is 0 Å². The molecule has 0 spiro atoms. The zero-order valence-electron chi connectivity index (χ0n) is 13.3. The van der Waals surface area contributed by atoms with E-state index in [1.165, 1.54) is 11.8 Å². The third-order valence-corrected chi connectivity index (χ3v) is 4.12. The van der Waals surface area contributed by atoms with Crippen LogP contribution < -0.4 is 21.9 Å². The maximum absolute atomic E-state index is 11.9. The zero-order valence-corrected chi connectivity index (χ0v) is 14.1. The van der Waals surface area contributed by atoms with Gasteiger partial charge in [0.05, 0.1) is 5.75 Å². The SMILES string of the molecule is NNC(=O)CSCc1ccc(NC(=O)C(=O)Nc2ccccc2)cc1. The highest BCUT2D eigenvalue weighted by Gasteiger charge is 2.13. The summed E-state index contributed by atoms with van der Waals surface area (Å²) in [5.41, 5.74) is 4.12. The summed E-state index contributed by atoms with van der Waals surface area (Å²) in [6, 6.07) is 15.8. The van der Waals surface area contributed by atoms with Crippen LogP contribution in [0.2, 0.25) is 0 Å². The van der Waals surface area contributed by atoms with E-state index in [-0.39, 0.29) is 11.7 Å². The topological polar surface area (TPSA) is 113 Å². The molecular weight excluding hydrogens is 340 g/mol. The Labute approximate surface area is 149 Å². The molecule has 0 bridgehead atoms. The normalized spacial score (nSPS) is 9.96. The minimum absolute atomic E-state index is 0.238. The van der Waals surface area contributed by atoms with Gasteiger partial charge in [-0.05, 0) is 29.8 Å². The second kappa shape index (κ2) is 9.45. The van der Waals surface area contributed by atoms with Gasteiger partial charge in [0.1, 0.15) is 0 Å². The highest BCUT2D eigenvalue weighted by atomic mass is 32.2. The molecule has 8 heteroatoms. The van der Waals surface area contributed by atoms with E-state index in [1.54, 1.807) is 36.4 Å². The Morgan fingerprint density at radius 1 is 0.840 bits per heavy atom. The van der Waals surface area contributed by atoms with Gasteiger partial charge in [0.25, 0.3) is 0 Å². The Balaban J connectivity index is 1.82. The molecule has 0 saturated carbocycles. The van der Waals surface area contributed by atoms with Crippen LogP contribution in [-0.2, 0) is 20.1 Å². The molecule has 0 saturated heterocycles. The van der Waals surface area contributed by atoms with Gasteiger partial charge in [0.15, 0.2) is 0 Å². The molecule has 0 aliphatic rings. The van der Waals surface area contributed by atoms with Crippen LogP contribution in [0.1, 0.15) is 5.56 Å².